The zero-order chi connectivity index (χ0) is 44.6. The lowest BCUT2D eigenvalue weighted by Gasteiger charge is -2.17. The van der Waals surface area contributed by atoms with E-state index in [2.05, 4.69) is 29.8 Å². The van der Waals surface area contributed by atoms with Crippen LogP contribution in [0.5, 0.6) is 11.5 Å². The fourth-order valence-corrected chi connectivity index (χ4v) is 7.26. The molecule has 0 fully saturated rings. The second-order valence-electron chi connectivity index (χ2n) is 14.5. The van der Waals surface area contributed by atoms with E-state index >= 15 is 0 Å². The normalized spacial score (nSPS) is 11.0. The summed E-state index contributed by atoms with van der Waals surface area (Å²) >= 11 is 3.31. The van der Waals surface area contributed by atoms with Crippen molar-refractivity contribution in [3.63, 3.8) is 0 Å². The standard InChI is InChI=1S/C23H27FN2O4.C19H19FN2O4.C4H9Br/c1-3-4-14-30-20-11-10-19-21(18(20)15-16-6-8-17(24)9-7-16)22(28)26(12-5-13-27)23(29)25(19)2;1-21-15-7-8-16(24)14(11-12-3-5-13(20)6-4-12)17(15)18(25)22(19(21)26)9-2-10-23;1-2-3-4-5/h6-11,27H,3-5,12-15H2,1-2H3;3-8,23-24H,2,9-11H2,1H3;2-4H2,1H3. The third kappa shape index (κ3) is 12.1. The van der Waals surface area contributed by atoms with E-state index in [1.807, 2.05) is 0 Å². The van der Waals surface area contributed by atoms with Crippen LogP contribution in [0, 0.1) is 11.6 Å². The predicted octanol–water partition coefficient (Wildman–Crippen LogP) is 6.69. The molecule has 3 N–H and O–H groups in total. The summed E-state index contributed by atoms with van der Waals surface area (Å²) in [5.74, 6) is -0.175. The van der Waals surface area contributed by atoms with Gasteiger partial charge in [-0.2, -0.15) is 0 Å². The van der Waals surface area contributed by atoms with E-state index in [0.29, 0.717) is 52.7 Å². The lowest BCUT2D eigenvalue weighted by molar-refractivity contribution is 0.277. The van der Waals surface area contributed by atoms with E-state index < -0.39 is 22.5 Å². The monoisotopic (exact) mass is 908 g/mol. The number of aromatic hydroxyl groups is 1. The van der Waals surface area contributed by atoms with Gasteiger partial charge in [0.1, 0.15) is 23.1 Å². The Hall–Kier alpha value is -5.38. The number of aryl methyl sites for hydroxylation is 2. The molecule has 6 aromatic rings. The molecule has 0 aliphatic heterocycles. The number of hydrogen-bond donors (Lipinski definition) is 3. The van der Waals surface area contributed by atoms with Gasteiger partial charge in [0.25, 0.3) is 11.1 Å². The number of aliphatic hydroxyl groups excluding tert-OH is 2. The maximum absolute atomic E-state index is 13.4. The van der Waals surface area contributed by atoms with Crippen molar-refractivity contribution in [1.82, 2.24) is 18.3 Å². The number of hydrogen-bond acceptors (Lipinski definition) is 8. The van der Waals surface area contributed by atoms with Gasteiger partial charge in [0.05, 0.1) is 28.4 Å². The molecule has 4 aromatic carbocycles. The van der Waals surface area contributed by atoms with Gasteiger partial charge < -0.3 is 20.1 Å². The van der Waals surface area contributed by atoms with Crippen molar-refractivity contribution in [3.05, 3.63) is 148 Å². The van der Waals surface area contributed by atoms with Gasteiger partial charge >= 0.3 is 11.4 Å². The largest absolute Gasteiger partial charge is 0.508 e. The number of unbranched alkanes of at least 4 members (excludes halogenated alkanes) is 2. The second kappa shape index (κ2) is 23.6. The average Bonchev–Trinajstić information content (AvgIpc) is 3.25. The molecular weight excluding hydrogens is 854 g/mol. The number of halogens is 3. The molecule has 0 unspecified atom stereocenters. The Kier molecular flexibility index (Phi) is 18.7. The first kappa shape index (κ1) is 48.3. The summed E-state index contributed by atoms with van der Waals surface area (Å²) < 4.78 is 37.5. The first-order chi connectivity index (χ1) is 29.3. The van der Waals surface area contributed by atoms with E-state index in [-0.39, 0.29) is 61.9 Å². The summed E-state index contributed by atoms with van der Waals surface area (Å²) in [6.45, 7) is 4.73. The fourth-order valence-electron chi connectivity index (χ4n) is 6.70. The van der Waals surface area contributed by atoms with Crippen molar-refractivity contribution >= 4 is 37.7 Å². The van der Waals surface area contributed by atoms with E-state index in [0.717, 1.165) is 38.4 Å². The van der Waals surface area contributed by atoms with Crippen LogP contribution < -0.4 is 27.2 Å². The van der Waals surface area contributed by atoms with Gasteiger partial charge in [0.15, 0.2) is 0 Å². The van der Waals surface area contributed by atoms with Crippen molar-refractivity contribution in [1.29, 1.82) is 0 Å². The molecule has 328 valence electrons. The lowest BCUT2D eigenvalue weighted by Crippen LogP contribution is -2.39. The fraction of sp³-hybridized carbons (Fsp3) is 0.391. The maximum Gasteiger partial charge on any atom is 0.331 e. The molecule has 0 aliphatic carbocycles. The van der Waals surface area contributed by atoms with E-state index in [1.165, 1.54) is 58.4 Å². The van der Waals surface area contributed by atoms with Gasteiger partial charge in [0, 0.05) is 69.7 Å². The van der Waals surface area contributed by atoms with Gasteiger partial charge in [-0.3, -0.25) is 27.9 Å². The number of nitrogens with zero attached hydrogens (tertiary/aromatic N) is 4. The number of benzene rings is 4. The first-order valence-corrected chi connectivity index (χ1v) is 21.5. The first-order valence-electron chi connectivity index (χ1n) is 20.4. The molecule has 0 radical (unpaired) electrons. The number of fused-ring (bicyclic) bond motifs is 2. The van der Waals surface area contributed by atoms with E-state index in [9.17, 15) is 33.1 Å². The average molecular weight is 910 g/mol. The Morgan fingerprint density at radius 1 is 0.607 bits per heavy atom. The number of rotatable bonds is 16. The number of phenolic OH excluding ortho intramolecular Hbond substituents is 1. The molecule has 0 amide bonds. The molecule has 61 heavy (non-hydrogen) atoms. The van der Waals surface area contributed by atoms with Gasteiger partial charge in [-0.05, 0) is 85.3 Å². The summed E-state index contributed by atoms with van der Waals surface area (Å²) in [7, 11) is 3.18. The predicted molar refractivity (Wildman–Crippen MR) is 239 cm³/mol. The second-order valence-corrected chi connectivity index (χ2v) is 15.3. The molecule has 0 saturated heterocycles. The highest BCUT2D eigenvalue weighted by Gasteiger charge is 2.20. The summed E-state index contributed by atoms with van der Waals surface area (Å²) in [5, 5.41) is 30.3. The number of aromatic nitrogens is 4. The summed E-state index contributed by atoms with van der Waals surface area (Å²) in [5.41, 5.74) is 1.73. The van der Waals surface area contributed by atoms with Crippen molar-refractivity contribution < 1.29 is 28.8 Å². The summed E-state index contributed by atoms with van der Waals surface area (Å²) in [6.07, 6.45) is 5.62. The number of aliphatic hydroxyl groups is 2. The van der Waals surface area contributed by atoms with Crippen LogP contribution in [0.3, 0.4) is 0 Å². The quantitative estimate of drug-likeness (QED) is 0.0717. The van der Waals surface area contributed by atoms with E-state index in [1.54, 1.807) is 50.5 Å². The van der Waals surface area contributed by atoms with Crippen LogP contribution in [0.1, 0.15) is 74.6 Å². The molecular formula is C46H55BrF2N4O8. The Bertz CT molecular complexity index is 2620. The van der Waals surface area contributed by atoms with Crippen LogP contribution in [0.2, 0.25) is 0 Å². The number of alkyl halides is 1. The Morgan fingerprint density at radius 3 is 1.48 bits per heavy atom. The Labute approximate surface area is 361 Å². The minimum Gasteiger partial charge on any atom is -0.508 e. The molecule has 0 atom stereocenters. The van der Waals surface area contributed by atoms with Crippen LogP contribution >= 0.6 is 15.9 Å². The topological polar surface area (TPSA) is 158 Å². The highest BCUT2D eigenvalue weighted by atomic mass is 79.9. The Morgan fingerprint density at radius 2 is 1.05 bits per heavy atom. The van der Waals surface area contributed by atoms with Crippen molar-refractivity contribution in [2.45, 2.75) is 78.3 Å². The number of phenols is 1. The molecule has 0 aliphatic rings. The van der Waals surface area contributed by atoms with Crippen LogP contribution in [0.15, 0.2) is 92.0 Å². The molecule has 6 rings (SSSR count). The molecule has 2 heterocycles. The van der Waals surface area contributed by atoms with Gasteiger partial charge in [-0.25, -0.2) is 18.4 Å². The zero-order valence-corrected chi connectivity index (χ0v) is 36.7. The summed E-state index contributed by atoms with van der Waals surface area (Å²) in [4.78, 5) is 51.4. The number of ether oxygens (including phenoxy) is 1. The van der Waals surface area contributed by atoms with Gasteiger partial charge in [-0.15, -0.1) is 0 Å². The Balaban J connectivity index is 0.000000244. The third-order valence-corrected chi connectivity index (χ3v) is 10.7. The molecule has 0 spiro atoms. The van der Waals surface area contributed by atoms with E-state index in [4.69, 9.17) is 14.9 Å². The zero-order valence-electron chi connectivity index (χ0n) is 35.1. The molecule has 0 bridgehead atoms. The van der Waals surface area contributed by atoms with Gasteiger partial charge in [0.2, 0.25) is 0 Å². The van der Waals surface area contributed by atoms with Crippen LogP contribution in [-0.2, 0) is 40.0 Å². The van der Waals surface area contributed by atoms with Crippen molar-refractivity contribution in [2.24, 2.45) is 14.1 Å². The smallest absolute Gasteiger partial charge is 0.331 e. The maximum atomic E-state index is 13.4. The highest BCUT2D eigenvalue weighted by Crippen LogP contribution is 2.29. The van der Waals surface area contributed by atoms with Crippen LogP contribution in [-0.4, -0.2) is 58.7 Å². The van der Waals surface area contributed by atoms with Crippen LogP contribution in [0.4, 0.5) is 8.78 Å². The minimum atomic E-state index is -0.510. The molecule has 15 heteroatoms. The summed E-state index contributed by atoms with van der Waals surface area (Å²) in [6, 6.07) is 18.4. The molecule has 0 saturated carbocycles. The lowest BCUT2D eigenvalue weighted by atomic mass is 9.99. The van der Waals surface area contributed by atoms with Crippen molar-refractivity contribution in [3.8, 4) is 11.5 Å². The third-order valence-electron chi connectivity index (χ3n) is 10.1. The van der Waals surface area contributed by atoms with Crippen molar-refractivity contribution in [2.75, 3.05) is 25.2 Å². The molecule has 2 aromatic heterocycles. The highest BCUT2D eigenvalue weighted by molar-refractivity contribution is 9.09. The van der Waals surface area contributed by atoms with Crippen LogP contribution in [0.25, 0.3) is 21.8 Å². The van der Waals surface area contributed by atoms with Gasteiger partial charge in [-0.1, -0.05) is 66.9 Å². The molecule has 12 nitrogen and oxygen atoms in total. The minimum absolute atomic E-state index is 0.0636. The SMILES string of the molecule is CCCCBr.CCCCOc1ccc2c(c1Cc1ccc(F)cc1)c(=O)n(CCCO)c(=O)n2C.Cn1c(=O)n(CCCO)c(=O)c2c(Cc3ccc(F)cc3)c(O)ccc21.